The second-order valence-corrected chi connectivity index (χ2v) is 6.00. The summed E-state index contributed by atoms with van der Waals surface area (Å²) < 4.78 is 5.63. The summed E-state index contributed by atoms with van der Waals surface area (Å²) >= 11 is 0. The standard InChI is InChI=1S/C13H25NO/c1-13(2)7-3-5-11(9-13)14-10-12-6-4-8-15-12/h11-12,14H,3-10H2,1-2H3/t11-,12+/m0/s1. The van der Waals surface area contributed by atoms with Crippen LogP contribution in [0.1, 0.15) is 52.4 Å². The number of hydrogen-bond donors (Lipinski definition) is 1. The number of hydrogen-bond acceptors (Lipinski definition) is 2. The van der Waals surface area contributed by atoms with Crippen LogP contribution in [0.4, 0.5) is 0 Å². The molecule has 2 fully saturated rings. The second kappa shape index (κ2) is 4.84. The van der Waals surface area contributed by atoms with E-state index in [1.54, 1.807) is 0 Å². The van der Waals surface area contributed by atoms with Crippen molar-refractivity contribution in [1.82, 2.24) is 5.32 Å². The average Bonchev–Trinajstić information content (AvgIpc) is 2.65. The average molecular weight is 211 g/mol. The van der Waals surface area contributed by atoms with E-state index in [0.29, 0.717) is 11.5 Å². The maximum atomic E-state index is 5.63. The zero-order valence-electron chi connectivity index (χ0n) is 10.2. The van der Waals surface area contributed by atoms with Gasteiger partial charge in [0, 0.05) is 19.2 Å². The molecule has 0 aromatic carbocycles. The molecule has 2 rings (SSSR count). The van der Waals surface area contributed by atoms with Crippen LogP contribution in [0.2, 0.25) is 0 Å². The highest BCUT2D eigenvalue weighted by atomic mass is 16.5. The van der Waals surface area contributed by atoms with E-state index < -0.39 is 0 Å². The fourth-order valence-corrected chi connectivity index (χ4v) is 2.98. The molecule has 2 atom stereocenters. The zero-order chi connectivity index (χ0) is 10.7. The van der Waals surface area contributed by atoms with Crippen LogP contribution < -0.4 is 5.32 Å². The molecule has 1 heterocycles. The van der Waals surface area contributed by atoms with Gasteiger partial charge in [-0.1, -0.05) is 20.3 Å². The molecule has 2 nitrogen and oxygen atoms in total. The van der Waals surface area contributed by atoms with Crippen molar-refractivity contribution < 1.29 is 4.74 Å². The summed E-state index contributed by atoms with van der Waals surface area (Å²) in [5, 5.41) is 3.69. The maximum absolute atomic E-state index is 5.63. The molecule has 0 aromatic heterocycles. The van der Waals surface area contributed by atoms with Gasteiger partial charge in [0.15, 0.2) is 0 Å². The lowest BCUT2D eigenvalue weighted by molar-refractivity contribution is 0.100. The fourth-order valence-electron chi connectivity index (χ4n) is 2.98. The summed E-state index contributed by atoms with van der Waals surface area (Å²) in [4.78, 5) is 0. The van der Waals surface area contributed by atoms with Crippen LogP contribution >= 0.6 is 0 Å². The van der Waals surface area contributed by atoms with Gasteiger partial charge in [0.1, 0.15) is 0 Å². The first-order chi connectivity index (χ1) is 7.16. The van der Waals surface area contributed by atoms with Crippen molar-refractivity contribution in [2.45, 2.75) is 64.5 Å². The molecule has 88 valence electrons. The highest BCUT2D eigenvalue weighted by Gasteiger charge is 2.28. The Kier molecular flexibility index (Phi) is 3.68. The van der Waals surface area contributed by atoms with E-state index in [-0.39, 0.29) is 0 Å². The van der Waals surface area contributed by atoms with Crippen LogP contribution in [-0.2, 0) is 4.74 Å². The Morgan fingerprint density at radius 2 is 2.13 bits per heavy atom. The minimum atomic E-state index is 0.495. The summed E-state index contributed by atoms with van der Waals surface area (Å²) in [6.07, 6.45) is 8.47. The molecular formula is C13H25NO. The summed E-state index contributed by atoms with van der Waals surface area (Å²) in [6.45, 7) is 6.84. The van der Waals surface area contributed by atoms with Crippen LogP contribution in [0, 0.1) is 5.41 Å². The van der Waals surface area contributed by atoms with Crippen molar-refractivity contribution in [3.8, 4) is 0 Å². The maximum Gasteiger partial charge on any atom is 0.0700 e. The van der Waals surface area contributed by atoms with Gasteiger partial charge in [-0.25, -0.2) is 0 Å². The van der Waals surface area contributed by atoms with Crippen molar-refractivity contribution >= 4 is 0 Å². The Morgan fingerprint density at radius 1 is 1.27 bits per heavy atom. The number of ether oxygens (including phenoxy) is 1. The van der Waals surface area contributed by atoms with Gasteiger partial charge in [-0.3, -0.25) is 0 Å². The van der Waals surface area contributed by atoms with Crippen LogP contribution in [0.5, 0.6) is 0 Å². The molecule has 0 spiro atoms. The van der Waals surface area contributed by atoms with Gasteiger partial charge < -0.3 is 10.1 Å². The van der Waals surface area contributed by atoms with Gasteiger partial charge in [0.25, 0.3) is 0 Å². The Morgan fingerprint density at radius 3 is 2.80 bits per heavy atom. The first-order valence-electron chi connectivity index (χ1n) is 6.51. The molecule has 0 aromatic rings. The predicted octanol–water partition coefficient (Wildman–Crippen LogP) is 2.72. The lowest BCUT2D eigenvalue weighted by atomic mass is 9.75. The molecule has 1 aliphatic carbocycles. The quantitative estimate of drug-likeness (QED) is 0.775. The van der Waals surface area contributed by atoms with Gasteiger partial charge in [-0.05, 0) is 37.5 Å². The molecule has 15 heavy (non-hydrogen) atoms. The van der Waals surface area contributed by atoms with Crippen molar-refractivity contribution in [2.24, 2.45) is 5.41 Å². The van der Waals surface area contributed by atoms with E-state index >= 15 is 0 Å². The topological polar surface area (TPSA) is 21.3 Å². The molecule has 2 aliphatic rings. The van der Waals surface area contributed by atoms with Crippen molar-refractivity contribution in [3.05, 3.63) is 0 Å². The van der Waals surface area contributed by atoms with Crippen LogP contribution in [0.15, 0.2) is 0 Å². The highest BCUT2D eigenvalue weighted by molar-refractivity contribution is 4.84. The third-order valence-corrected chi connectivity index (χ3v) is 3.86. The van der Waals surface area contributed by atoms with Crippen molar-refractivity contribution in [1.29, 1.82) is 0 Å². The molecule has 1 saturated carbocycles. The van der Waals surface area contributed by atoms with Crippen LogP contribution in [0.3, 0.4) is 0 Å². The third kappa shape index (κ3) is 3.46. The van der Waals surface area contributed by atoms with Gasteiger partial charge in [-0.2, -0.15) is 0 Å². The summed E-state index contributed by atoms with van der Waals surface area (Å²) in [7, 11) is 0. The SMILES string of the molecule is CC1(C)CCC[C@H](NC[C@H]2CCCO2)C1. The highest BCUT2D eigenvalue weighted by Crippen LogP contribution is 2.35. The monoisotopic (exact) mass is 211 g/mol. The number of rotatable bonds is 3. The third-order valence-electron chi connectivity index (χ3n) is 3.86. The molecule has 0 bridgehead atoms. The summed E-state index contributed by atoms with van der Waals surface area (Å²) in [5.74, 6) is 0. The van der Waals surface area contributed by atoms with E-state index in [2.05, 4.69) is 19.2 Å². The van der Waals surface area contributed by atoms with E-state index in [4.69, 9.17) is 4.74 Å². The molecule has 1 aliphatic heterocycles. The normalized spacial score (nSPS) is 35.6. The lowest BCUT2D eigenvalue weighted by Crippen LogP contribution is -2.40. The molecule has 2 heteroatoms. The zero-order valence-corrected chi connectivity index (χ0v) is 10.2. The van der Waals surface area contributed by atoms with E-state index in [9.17, 15) is 0 Å². The van der Waals surface area contributed by atoms with Gasteiger partial charge >= 0.3 is 0 Å². The Bertz CT molecular complexity index is 197. The first-order valence-corrected chi connectivity index (χ1v) is 6.51. The van der Waals surface area contributed by atoms with Crippen molar-refractivity contribution in [3.63, 3.8) is 0 Å². The molecule has 0 radical (unpaired) electrons. The Labute approximate surface area is 93.8 Å². The fraction of sp³-hybridized carbons (Fsp3) is 1.00. The number of nitrogens with one attached hydrogen (secondary N) is 1. The molecule has 1 N–H and O–H groups in total. The van der Waals surface area contributed by atoms with E-state index in [1.807, 2.05) is 0 Å². The van der Waals surface area contributed by atoms with Gasteiger partial charge in [0.2, 0.25) is 0 Å². The first kappa shape index (κ1) is 11.4. The molecule has 0 amide bonds. The van der Waals surface area contributed by atoms with Gasteiger partial charge in [-0.15, -0.1) is 0 Å². The largest absolute Gasteiger partial charge is 0.377 e. The van der Waals surface area contributed by atoms with Crippen LogP contribution in [0.25, 0.3) is 0 Å². The summed E-state index contributed by atoms with van der Waals surface area (Å²) in [6, 6.07) is 0.734. The smallest absolute Gasteiger partial charge is 0.0700 e. The summed E-state index contributed by atoms with van der Waals surface area (Å²) in [5.41, 5.74) is 0.548. The minimum Gasteiger partial charge on any atom is -0.377 e. The molecule has 1 saturated heterocycles. The Hall–Kier alpha value is -0.0800. The second-order valence-electron chi connectivity index (χ2n) is 6.00. The van der Waals surface area contributed by atoms with E-state index in [0.717, 1.165) is 19.2 Å². The van der Waals surface area contributed by atoms with Crippen LogP contribution in [-0.4, -0.2) is 25.3 Å². The minimum absolute atomic E-state index is 0.495. The molecule has 0 unspecified atom stereocenters. The molecular weight excluding hydrogens is 186 g/mol. The predicted molar refractivity (Wildman–Crippen MR) is 63.0 cm³/mol. The van der Waals surface area contributed by atoms with Gasteiger partial charge in [0.05, 0.1) is 6.10 Å². The lowest BCUT2D eigenvalue weighted by Gasteiger charge is -2.36. The van der Waals surface area contributed by atoms with E-state index in [1.165, 1.54) is 38.5 Å². The Balaban J connectivity index is 1.69. The van der Waals surface area contributed by atoms with Crippen molar-refractivity contribution in [2.75, 3.05) is 13.2 Å².